The predicted octanol–water partition coefficient (Wildman–Crippen LogP) is 3.24. The van der Waals surface area contributed by atoms with E-state index in [1.54, 1.807) is 13.1 Å². The summed E-state index contributed by atoms with van der Waals surface area (Å²) in [4.78, 5) is 6.77. The van der Waals surface area contributed by atoms with Crippen LogP contribution in [0.3, 0.4) is 0 Å². The maximum Gasteiger partial charge on any atom is 0.191 e. The molecule has 1 fully saturated rings. The summed E-state index contributed by atoms with van der Waals surface area (Å²) in [6.45, 7) is 11.6. The molecule has 7 heteroatoms. The zero-order chi connectivity index (χ0) is 18.4. The third-order valence-corrected chi connectivity index (χ3v) is 4.67. The second kappa shape index (κ2) is 10.9. The molecule has 2 unspecified atom stereocenters. The molecule has 148 valence electrons. The standard InChI is InChI=1S/C19H31FN4O.HI/c1-6-25-18-8-7-15(9-16(18)20)10-22-19(21-5)23-17-12-24(13(2)3)11-14(17)4;/h7-9,13-14,17H,6,10-12H2,1-5H3,(H2,21,22,23);1H. The summed E-state index contributed by atoms with van der Waals surface area (Å²) in [5.41, 5.74) is 0.854. The van der Waals surface area contributed by atoms with Crippen molar-refractivity contribution in [1.29, 1.82) is 0 Å². The van der Waals surface area contributed by atoms with Crippen LogP contribution in [0.5, 0.6) is 5.75 Å². The Morgan fingerprint density at radius 1 is 1.38 bits per heavy atom. The Balaban J connectivity index is 0.00000338. The van der Waals surface area contributed by atoms with Gasteiger partial charge in [-0.15, -0.1) is 24.0 Å². The monoisotopic (exact) mass is 478 g/mol. The molecule has 1 aliphatic heterocycles. The van der Waals surface area contributed by atoms with Crippen molar-refractivity contribution in [3.63, 3.8) is 0 Å². The van der Waals surface area contributed by atoms with Crippen molar-refractivity contribution in [2.75, 3.05) is 26.7 Å². The lowest BCUT2D eigenvalue weighted by Gasteiger charge is -2.22. The fourth-order valence-electron chi connectivity index (χ4n) is 3.10. The van der Waals surface area contributed by atoms with Gasteiger partial charge >= 0.3 is 0 Å². The summed E-state index contributed by atoms with van der Waals surface area (Å²) in [7, 11) is 1.76. The van der Waals surface area contributed by atoms with Crippen LogP contribution in [0.4, 0.5) is 4.39 Å². The van der Waals surface area contributed by atoms with Gasteiger partial charge in [0.2, 0.25) is 0 Å². The second-order valence-corrected chi connectivity index (χ2v) is 6.90. The Bertz CT molecular complexity index is 597. The Labute approximate surface area is 173 Å². The number of rotatable bonds is 6. The quantitative estimate of drug-likeness (QED) is 0.375. The molecule has 1 aliphatic rings. The number of aliphatic imine (C=N–C) groups is 1. The van der Waals surface area contributed by atoms with Gasteiger partial charge in [0.05, 0.1) is 6.61 Å². The smallest absolute Gasteiger partial charge is 0.191 e. The minimum absolute atomic E-state index is 0. The third-order valence-electron chi connectivity index (χ3n) is 4.67. The molecule has 1 aromatic carbocycles. The Hall–Kier alpha value is -1.09. The van der Waals surface area contributed by atoms with Crippen LogP contribution in [-0.2, 0) is 6.54 Å². The highest BCUT2D eigenvalue weighted by atomic mass is 127. The van der Waals surface area contributed by atoms with Crippen LogP contribution in [0, 0.1) is 11.7 Å². The van der Waals surface area contributed by atoms with Crippen molar-refractivity contribution in [2.45, 2.75) is 46.3 Å². The van der Waals surface area contributed by atoms with Crippen LogP contribution in [0.25, 0.3) is 0 Å². The summed E-state index contributed by atoms with van der Waals surface area (Å²) in [6.07, 6.45) is 0. The van der Waals surface area contributed by atoms with Gasteiger partial charge in [-0.3, -0.25) is 9.89 Å². The van der Waals surface area contributed by atoms with Crippen molar-refractivity contribution in [1.82, 2.24) is 15.5 Å². The minimum atomic E-state index is -0.332. The second-order valence-electron chi connectivity index (χ2n) is 6.90. The Morgan fingerprint density at radius 3 is 2.65 bits per heavy atom. The molecule has 1 heterocycles. The van der Waals surface area contributed by atoms with Gasteiger partial charge in [0.1, 0.15) is 0 Å². The fraction of sp³-hybridized carbons (Fsp3) is 0.632. The maximum atomic E-state index is 13.9. The zero-order valence-corrected chi connectivity index (χ0v) is 18.7. The number of halogens is 2. The van der Waals surface area contributed by atoms with Gasteiger partial charge in [0.15, 0.2) is 17.5 Å². The molecule has 1 aromatic rings. The lowest BCUT2D eigenvalue weighted by Crippen LogP contribution is -2.46. The zero-order valence-electron chi connectivity index (χ0n) is 16.4. The fourth-order valence-corrected chi connectivity index (χ4v) is 3.10. The molecule has 5 nitrogen and oxygen atoms in total. The molecule has 2 atom stereocenters. The van der Waals surface area contributed by atoms with E-state index < -0.39 is 0 Å². The van der Waals surface area contributed by atoms with Crippen LogP contribution in [0.15, 0.2) is 23.2 Å². The number of likely N-dealkylation sites (tertiary alicyclic amines) is 1. The van der Waals surface area contributed by atoms with E-state index in [0.717, 1.165) is 24.6 Å². The van der Waals surface area contributed by atoms with Crippen LogP contribution in [0.2, 0.25) is 0 Å². The molecule has 2 N–H and O–H groups in total. The molecule has 0 amide bonds. The summed E-state index contributed by atoms with van der Waals surface area (Å²) < 4.78 is 19.2. The average molecular weight is 478 g/mol. The number of benzene rings is 1. The molecular weight excluding hydrogens is 446 g/mol. The van der Waals surface area contributed by atoms with E-state index in [0.29, 0.717) is 36.9 Å². The first-order valence-electron chi connectivity index (χ1n) is 9.07. The van der Waals surface area contributed by atoms with Crippen LogP contribution in [-0.4, -0.2) is 49.7 Å². The number of guanidine groups is 1. The Morgan fingerprint density at radius 2 is 2.12 bits per heavy atom. The molecule has 0 aromatic heterocycles. The first-order chi connectivity index (χ1) is 11.9. The molecule has 0 radical (unpaired) electrons. The molecule has 0 saturated carbocycles. The first-order valence-corrected chi connectivity index (χ1v) is 9.07. The van der Waals surface area contributed by atoms with Crippen molar-refractivity contribution in [3.05, 3.63) is 29.6 Å². The first kappa shape index (κ1) is 23.0. The van der Waals surface area contributed by atoms with Crippen molar-refractivity contribution >= 4 is 29.9 Å². The third kappa shape index (κ3) is 6.26. The van der Waals surface area contributed by atoms with Crippen molar-refractivity contribution in [2.24, 2.45) is 10.9 Å². The van der Waals surface area contributed by atoms with E-state index in [2.05, 4.69) is 41.3 Å². The van der Waals surface area contributed by atoms with E-state index in [1.165, 1.54) is 6.07 Å². The highest BCUT2D eigenvalue weighted by molar-refractivity contribution is 14.0. The van der Waals surface area contributed by atoms with Gasteiger partial charge in [0, 0.05) is 38.8 Å². The predicted molar refractivity (Wildman–Crippen MR) is 116 cm³/mol. The van der Waals surface area contributed by atoms with Crippen LogP contribution < -0.4 is 15.4 Å². The topological polar surface area (TPSA) is 48.9 Å². The van der Waals surface area contributed by atoms with Crippen molar-refractivity contribution < 1.29 is 9.13 Å². The summed E-state index contributed by atoms with van der Waals surface area (Å²) in [5, 5.41) is 6.76. The number of ether oxygens (including phenoxy) is 1. The van der Waals surface area contributed by atoms with E-state index in [4.69, 9.17) is 4.74 Å². The largest absolute Gasteiger partial charge is 0.491 e. The van der Waals surface area contributed by atoms with E-state index in [1.807, 2.05) is 13.0 Å². The van der Waals surface area contributed by atoms with E-state index in [-0.39, 0.29) is 29.8 Å². The average Bonchev–Trinajstić information content (AvgIpc) is 2.95. The summed E-state index contributed by atoms with van der Waals surface area (Å²) in [6, 6.07) is 5.96. The lowest BCUT2D eigenvalue weighted by molar-refractivity contribution is 0.265. The summed E-state index contributed by atoms with van der Waals surface area (Å²) in [5.74, 6) is 1.27. The summed E-state index contributed by atoms with van der Waals surface area (Å²) >= 11 is 0. The molecule has 2 rings (SSSR count). The molecule has 0 bridgehead atoms. The number of nitrogens with one attached hydrogen (secondary N) is 2. The maximum absolute atomic E-state index is 13.9. The lowest BCUT2D eigenvalue weighted by atomic mass is 10.1. The van der Waals surface area contributed by atoms with Gasteiger partial charge in [-0.05, 0) is 44.4 Å². The molecule has 1 saturated heterocycles. The Kier molecular flexibility index (Phi) is 9.63. The number of hydrogen-bond donors (Lipinski definition) is 2. The van der Waals surface area contributed by atoms with E-state index >= 15 is 0 Å². The van der Waals surface area contributed by atoms with Gasteiger partial charge in [-0.25, -0.2) is 4.39 Å². The van der Waals surface area contributed by atoms with Crippen LogP contribution >= 0.6 is 24.0 Å². The normalized spacial score (nSPS) is 20.8. The molecular formula is C19H32FIN4O. The number of hydrogen-bond acceptors (Lipinski definition) is 3. The van der Waals surface area contributed by atoms with Gasteiger partial charge in [0.25, 0.3) is 0 Å². The molecule has 26 heavy (non-hydrogen) atoms. The highest BCUT2D eigenvalue weighted by Gasteiger charge is 2.31. The SMILES string of the molecule is CCOc1ccc(CNC(=NC)NC2CN(C(C)C)CC2C)cc1F.I. The molecule has 0 spiro atoms. The van der Waals surface area contributed by atoms with Crippen LogP contribution in [0.1, 0.15) is 33.3 Å². The minimum Gasteiger partial charge on any atom is -0.491 e. The van der Waals surface area contributed by atoms with E-state index in [9.17, 15) is 4.39 Å². The van der Waals surface area contributed by atoms with Crippen molar-refractivity contribution in [3.8, 4) is 5.75 Å². The van der Waals surface area contributed by atoms with Gasteiger partial charge in [-0.2, -0.15) is 0 Å². The number of nitrogens with zero attached hydrogens (tertiary/aromatic N) is 2. The molecule has 0 aliphatic carbocycles. The van der Waals surface area contributed by atoms with Gasteiger partial charge in [-0.1, -0.05) is 13.0 Å². The highest BCUT2D eigenvalue weighted by Crippen LogP contribution is 2.19. The van der Waals surface area contributed by atoms with Gasteiger partial charge < -0.3 is 15.4 Å².